The minimum Gasteiger partial charge on any atom is -0.459 e. The van der Waals surface area contributed by atoms with Crippen LogP contribution in [0.15, 0.2) is 133 Å². The van der Waals surface area contributed by atoms with E-state index < -0.39 is 126 Å². The first-order chi connectivity index (χ1) is 51.5. The molecule has 2 aromatic heterocycles. The second kappa shape index (κ2) is 34.5. The van der Waals surface area contributed by atoms with E-state index in [1.807, 2.05) is 143 Å². The van der Waals surface area contributed by atoms with Crippen molar-refractivity contribution < 1.29 is 74.5 Å². The number of carbonyl (C=O) groups is 8. The third-order valence-electron chi connectivity index (χ3n) is 20.2. The SMILES string of the molecule is CN(C)S(=O)(=O)NC(=O)[C@]12CC(=O)[C@@H]3C[C@@H](O)CN3C(=O)[C@@H](NC(=O)OC(C)(C)C)CCCCC/C=C\[C@@H]1C2.CN(C)S(=O)(=O)NC(=O)[C@]12CC(=O)[C@@H]3C[C@@H](Oc4nc5ccccc5n4-c4ccccc4)CN3C(=O)[C@@H](NC(=O)OC(C)(C)C)CCCCC/C=C\[C@@H]1C2.Clc1nc2ccccc2n1-c1ccccc1. The van der Waals surface area contributed by atoms with Crippen LogP contribution >= 0.6 is 11.6 Å². The van der Waals surface area contributed by atoms with Gasteiger partial charge in [0.1, 0.15) is 29.4 Å². The number of Topliss-reactive ketones (excluding diaryl/α,β-unsaturated/α-hetero) is 2. The van der Waals surface area contributed by atoms with E-state index in [2.05, 4.69) is 25.1 Å². The predicted molar refractivity (Wildman–Crippen MR) is 410 cm³/mol. The van der Waals surface area contributed by atoms with Crippen LogP contribution in [0.25, 0.3) is 33.4 Å². The number of hydrogen-bond acceptors (Lipinski definition) is 18. The first-order valence-corrected chi connectivity index (χ1v) is 40.3. The van der Waals surface area contributed by atoms with Gasteiger partial charge in [0, 0.05) is 66.1 Å². The van der Waals surface area contributed by atoms with Crippen LogP contribution in [0.5, 0.6) is 6.01 Å². The molecule has 2 saturated heterocycles. The van der Waals surface area contributed by atoms with Gasteiger partial charge >= 0.3 is 38.6 Å². The molecule has 0 spiro atoms. The van der Waals surface area contributed by atoms with Crippen LogP contribution in [0.4, 0.5) is 9.59 Å². The maximum Gasteiger partial charge on any atom is 0.408 e. The minimum atomic E-state index is -4.13. The van der Waals surface area contributed by atoms with Crippen molar-refractivity contribution in [1.82, 2.24) is 57.6 Å². The fourth-order valence-corrected chi connectivity index (χ4v) is 15.8. The highest BCUT2D eigenvalue weighted by molar-refractivity contribution is 7.88. The van der Waals surface area contributed by atoms with E-state index in [1.165, 1.54) is 38.0 Å². The normalized spacial score (nSPS) is 25.7. The highest BCUT2D eigenvalue weighted by atomic mass is 35.5. The van der Waals surface area contributed by atoms with Crippen molar-refractivity contribution in [2.24, 2.45) is 22.7 Å². The van der Waals surface area contributed by atoms with Crippen LogP contribution < -0.4 is 24.8 Å². The van der Waals surface area contributed by atoms with Gasteiger partial charge in [-0.1, -0.05) is 111 Å². The Balaban J connectivity index is 0.000000199. The number of para-hydroxylation sites is 6. The Morgan fingerprint density at radius 1 is 0.550 bits per heavy atom. The van der Waals surface area contributed by atoms with Crippen molar-refractivity contribution in [2.75, 3.05) is 41.3 Å². The van der Waals surface area contributed by atoms with Gasteiger partial charge in [0.15, 0.2) is 11.6 Å². The summed E-state index contributed by atoms with van der Waals surface area (Å²) in [5, 5.41) is 16.3. The van der Waals surface area contributed by atoms with Gasteiger partial charge < -0.3 is 39.8 Å². The molecule has 0 radical (unpaired) electrons. The van der Waals surface area contributed by atoms with Gasteiger partial charge in [-0.15, -0.1) is 0 Å². The summed E-state index contributed by atoms with van der Waals surface area (Å²) in [6.07, 6.45) is 11.2. The number of nitrogens with zero attached hydrogens (tertiary/aromatic N) is 8. The standard InChI is InChI=1S/C39H50N6O8S.C26H42N4O8S.C13H9ClN2/c1-38(2,3)53-37(49)41-30-20-13-8-6-7-10-16-26-23-39(26,35(48)42-54(50,51)43(4)5)24-33(46)32-22-28(25-44(32)34(30)47)52-36-40-29-19-14-15-21-31(29)45(36)27-17-11-9-12-18-27;1-25(2,3)38-24(35)27-19-12-10-8-6-7-9-11-17-14-26(17,23(34)28-39(36,37)29(4)5)15-21(32)20-13-18(31)16-30(20)22(19)33;14-13-15-11-8-4-5-9-12(11)16(13)10-6-2-1-3-7-10/h9-12,14-19,21,26,28,30,32H,6-8,13,20,22-25H2,1-5H3,(H,41,49)(H,42,48);9,11,17-20,31H,6-8,10,12-16H2,1-5H3,(H,27,35)(H,28,34);1-9H/b16-10-;11-9-;/t26-,28-,30+,32+,39-;17-,18-,19+,20+,26-;/m11./s1. The minimum absolute atomic E-state index is 0.00205. The van der Waals surface area contributed by atoms with E-state index in [0.29, 0.717) is 49.3 Å². The van der Waals surface area contributed by atoms with Crippen molar-refractivity contribution in [2.45, 2.75) is 192 Å². The molecular weight excluding hydrogens is 1460 g/mol. The fraction of sp³-hybridized carbons (Fsp3) is 0.513. The van der Waals surface area contributed by atoms with E-state index >= 15 is 0 Å². The number of aliphatic hydroxyl groups excluding tert-OH is 1. The summed E-state index contributed by atoms with van der Waals surface area (Å²) < 4.78 is 77.5. The lowest BCUT2D eigenvalue weighted by atomic mass is 9.91. The van der Waals surface area contributed by atoms with Gasteiger partial charge in [-0.3, -0.25) is 37.9 Å². The number of benzene rings is 4. The van der Waals surface area contributed by atoms with Crippen molar-refractivity contribution in [3.63, 3.8) is 0 Å². The van der Waals surface area contributed by atoms with Gasteiger partial charge in [0.05, 0.1) is 63.3 Å². The van der Waals surface area contributed by atoms with E-state index in [9.17, 15) is 60.3 Å². The molecule has 588 valence electrons. The van der Waals surface area contributed by atoms with Gasteiger partial charge in [-0.25, -0.2) is 24.0 Å². The van der Waals surface area contributed by atoms with Crippen LogP contribution in [0.2, 0.25) is 5.28 Å². The monoisotopic (exact) mass is 1560 g/mol. The van der Waals surface area contributed by atoms with E-state index in [1.54, 1.807) is 41.5 Å². The largest absolute Gasteiger partial charge is 0.459 e. The zero-order valence-corrected chi connectivity index (χ0v) is 65.8. The second-order valence-corrected chi connectivity index (χ2v) is 35.3. The van der Waals surface area contributed by atoms with Gasteiger partial charge in [-0.2, -0.15) is 30.4 Å². The number of nitrogens with one attached hydrogen (secondary N) is 4. The Morgan fingerprint density at radius 2 is 0.963 bits per heavy atom. The first kappa shape index (κ1) is 82.4. The molecule has 6 amide bonds. The number of aromatic nitrogens is 4. The molecule has 0 unspecified atom stereocenters. The van der Waals surface area contributed by atoms with Crippen molar-refractivity contribution in [3.8, 4) is 17.4 Å². The Labute approximate surface area is 642 Å². The zero-order valence-electron chi connectivity index (χ0n) is 63.4. The molecule has 31 heteroatoms. The maximum absolute atomic E-state index is 14.6. The average Bonchev–Trinajstić information content (AvgIpc) is 1.58. The molecule has 28 nitrogen and oxygen atoms in total. The van der Waals surface area contributed by atoms with Crippen LogP contribution in [-0.2, 0) is 58.7 Å². The molecule has 6 aromatic rings. The molecule has 2 saturated carbocycles. The number of aliphatic hydroxyl groups is 1. The first-order valence-electron chi connectivity index (χ1n) is 37.0. The summed E-state index contributed by atoms with van der Waals surface area (Å²) in [6, 6.07) is 31.4. The Bertz CT molecular complexity index is 4620. The van der Waals surface area contributed by atoms with Crippen LogP contribution in [0, 0.1) is 22.7 Å². The molecule has 109 heavy (non-hydrogen) atoms. The lowest BCUT2D eigenvalue weighted by Crippen LogP contribution is -2.53. The Kier molecular flexibility index (Phi) is 26.1. The number of rotatable bonds is 12. The maximum atomic E-state index is 14.6. The van der Waals surface area contributed by atoms with Crippen molar-refractivity contribution in [1.29, 1.82) is 0 Å². The lowest BCUT2D eigenvalue weighted by Gasteiger charge is -2.30. The summed E-state index contributed by atoms with van der Waals surface area (Å²) in [6.45, 7) is 10.3. The lowest BCUT2D eigenvalue weighted by molar-refractivity contribution is -0.140. The van der Waals surface area contributed by atoms with Crippen LogP contribution in [0.1, 0.15) is 144 Å². The number of alkyl carbamates (subject to hydrolysis) is 2. The van der Waals surface area contributed by atoms with Crippen molar-refractivity contribution >= 4 is 101 Å². The fourth-order valence-electron chi connectivity index (χ4n) is 14.3. The average molecular weight is 1560 g/mol. The zero-order chi connectivity index (χ0) is 79.0. The number of allylic oxidation sites excluding steroid dienone is 4. The van der Waals surface area contributed by atoms with E-state index in [4.69, 9.17) is 30.8 Å². The topological polar surface area (TPSA) is 349 Å². The van der Waals surface area contributed by atoms with Crippen LogP contribution in [0.3, 0.4) is 0 Å². The van der Waals surface area contributed by atoms with Gasteiger partial charge in [0.25, 0.3) is 0 Å². The molecule has 6 aliphatic rings. The number of ether oxygens (including phenoxy) is 3. The highest BCUT2D eigenvalue weighted by Crippen LogP contribution is 2.58. The van der Waals surface area contributed by atoms with E-state index in [0.717, 1.165) is 68.6 Å². The molecule has 6 heterocycles. The molecule has 10 atom stereocenters. The quantitative estimate of drug-likeness (QED) is 0.0711. The highest BCUT2D eigenvalue weighted by Gasteiger charge is 2.63. The summed E-state index contributed by atoms with van der Waals surface area (Å²) >= 11 is 6.15. The number of amides is 6. The molecule has 0 bridgehead atoms. The Morgan fingerprint density at radius 3 is 1.42 bits per heavy atom. The molecule has 12 rings (SSSR count). The molecule has 5 N–H and O–H groups in total. The molecule has 4 aromatic carbocycles. The molecule has 4 aliphatic heterocycles. The molecule has 2 aliphatic carbocycles. The number of imidazole rings is 2. The number of hydrogen-bond donors (Lipinski definition) is 5. The summed E-state index contributed by atoms with van der Waals surface area (Å²) in [4.78, 5) is 121. The Hall–Kier alpha value is -9.07. The molecular formula is C78H101ClN12O16S2. The summed E-state index contributed by atoms with van der Waals surface area (Å²) in [5.41, 5.74) is 1.17. The molecule has 4 fully saturated rings. The number of halogens is 1. The van der Waals surface area contributed by atoms with Gasteiger partial charge in [0.2, 0.25) is 28.9 Å². The predicted octanol–water partition coefficient (Wildman–Crippen LogP) is 9.60. The number of ketones is 2. The third-order valence-corrected chi connectivity index (χ3v) is 23.3. The van der Waals surface area contributed by atoms with E-state index in [-0.39, 0.29) is 63.0 Å². The second-order valence-electron chi connectivity index (χ2n) is 31.2. The number of fused-ring (bicyclic) bond motifs is 6. The summed E-state index contributed by atoms with van der Waals surface area (Å²) in [7, 11) is -2.97. The summed E-state index contributed by atoms with van der Waals surface area (Å²) in [5.74, 6) is -3.97. The third kappa shape index (κ3) is 20.5. The van der Waals surface area contributed by atoms with Gasteiger partial charge in [-0.05, 0) is 165 Å². The van der Waals surface area contributed by atoms with Crippen molar-refractivity contribution in [3.05, 3.63) is 139 Å². The smallest absolute Gasteiger partial charge is 0.408 e. The number of carbonyl (C=O) groups excluding carboxylic acids is 8. The van der Waals surface area contributed by atoms with Crippen LogP contribution in [-0.4, -0.2) is 196 Å².